The van der Waals surface area contributed by atoms with Gasteiger partial charge < -0.3 is 10.7 Å². The van der Waals surface area contributed by atoms with E-state index >= 15 is 0 Å². The number of anilines is 2. The SMILES string of the molecule is CCS(=O)CCNc1nc(C(C)(C)C)nc(NN)c1C. The van der Waals surface area contributed by atoms with Crippen LogP contribution in [0.3, 0.4) is 0 Å². The van der Waals surface area contributed by atoms with E-state index in [-0.39, 0.29) is 5.41 Å². The van der Waals surface area contributed by atoms with Crippen molar-refractivity contribution in [2.24, 2.45) is 5.84 Å². The van der Waals surface area contributed by atoms with E-state index in [4.69, 9.17) is 5.84 Å². The van der Waals surface area contributed by atoms with E-state index in [2.05, 4.69) is 20.7 Å². The zero-order chi connectivity index (χ0) is 15.3. The lowest BCUT2D eigenvalue weighted by atomic mass is 9.95. The second-order valence-corrected chi connectivity index (χ2v) is 7.49. The average molecular weight is 299 g/mol. The summed E-state index contributed by atoms with van der Waals surface area (Å²) in [6, 6.07) is 0. The van der Waals surface area contributed by atoms with Crippen LogP contribution in [0.1, 0.15) is 39.1 Å². The standard InChI is InChI=1S/C13H25N5OS/c1-6-20(19)8-7-15-10-9(2)11(18-14)17-12(16-10)13(3,4)5/h6-8,14H2,1-5H3,(H2,15,16,17,18). The first-order valence-corrected chi connectivity index (χ1v) is 8.23. The molecule has 1 atom stereocenters. The van der Waals surface area contributed by atoms with Crippen molar-refractivity contribution >= 4 is 22.4 Å². The Hall–Kier alpha value is -1.21. The first-order chi connectivity index (χ1) is 9.29. The van der Waals surface area contributed by atoms with Gasteiger partial charge in [0.25, 0.3) is 0 Å². The van der Waals surface area contributed by atoms with Crippen molar-refractivity contribution in [3.05, 3.63) is 11.4 Å². The summed E-state index contributed by atoms with van der Waals surface area (Å²) in [4.78, 5) is 8.99. The molecule has 0 saturated heterocycles. The maximum Gasteiger partial charge on any atom is 0.148 e. The Labute approximate surface area is 123 Å². The Morgan fingerprint density at radius 1 is 1.25 bits per heavy atom. The van der Waals surface area contributed by atoms with Gasteiger partial charge in [-0.2, -0.15) is 0 Å². The number of hydrogen-bond donors (Lipinski definition) is 3. The van der Waals surface area contributed by atoms with Gasteiger partial charge in [0.2, 0.25) is 0 Å². The molecule has 0 spiro atoms. The van der Waals surface area contributed by atoms with Gasteiger partial charge in [0.1, 0.15) is 17.5 Å². The van der Waals surface area contributed by atoms with Gasteiger partial charge in [-0.1, -0.05) is 27.7 Å². The summed E-state index contributed by atoms with van der Waals surface area (Å²) in [6.45, 7) is 10.6. The van der Waals surface area contributed by atoms with Gasteiger partial charge in [-0.3, -0.25) is 4.21 Å². The largest absolute Gasteiger partial charge is 0.369 e. The van der Waals surface area contributed by atoms with Crippen LogP contribution in [0.5, 0.6) is 0 Å². The highest BCUT2D eigenvalue weighted by Crippen LogP contribution is 2.25. The molecular formula is C13H25N5OS. The third-order valence-corrected chi connectivity index (χ3v) is 4.20. The molecule has 0 amide bonds. The molecule has 0 saturated carbocycles. The predicted octanol–water partition coefficient (Wildman–Crippen LogP) is 1.55. The average Bonchev–Trinajstić information content (AvgIpc) is 2.39. The molecule has 0 bridgehead atoms. The Morgan fingerprint density at radius 2 is 1.85 bits per heavy atom. The molecule has 6 nitrogen and oxygen atoms in total. The van der Waals surface area contributed by atoms with E-state index < -0.39 is 10.8 Å². The molecule has 4 N–H and O–H groups in total. The second kappa shape index (κ2) is 6.99. The smallest absolute Gasteiger partial charge is 0.148 e. The second-order valence-electron chi connectivity index (χ2n) is 5.62. The van der Waals surface area contributed by atoms with Gasteiger partial charge in [0.05, 0.1) is 0 Å². The lowest BCUT2D eigenvalue weighted by Crippen LogP contribution is -2.22. The first-order valence-electron chi connectivity index (χ1n) is 6.74. The van der Waals surface area contributed by atoms with Crippen molar-refractivity contribution in [2.45, 2.75) is 40.0 Å². The first kappa shape index (κ1) is 16.8. The Balaban J connectivity index is 2.96. The minimum absolute atomic E-state index is 0.165. The summed E-state index contributed by atoms with van der Waals surface area (Å²) in [5, 5.41) is 3.23. The maximum atomic E-state index is 11.4. The number of hydrogen-bond acceptors (Lipinski definition) is 6. The Kier molecular flexibility index (Phi) is 5.88. The third kappa shape index (κ3) is 4.42. The number of hydrazine groups is 1. The zero-order valence-corrected chi connectivity index (χ0v) is 13.7. The van der Waals surface area contributed by atoms with Gasteiger partial charge in [0.15, 0.2) is 0 Å². The van der Waals surface area contributed by atoms with Crippen LogP contribution in [-0.2, 0) is 16.2 Å². The fourth-order valence-corrected chi connectivity index (χ4v) is 2.21. The zero-order valence-electron chi connectivity index (χ0n) is 12.9. The monoisotopic (exact) mass is 299 g/mol. The van der Waals surface area contributed by atoms with Gasteiger partial charge in [-0.15, -0.1) is 0 Å². The van der Waals surface area contributed by atoms with E-state index in [1.165, 1.54) is 0 Å². The van der Waals surface area contributed by atoms with Crippen molar-refractivity contribution in [1.82, 2.24) is 9.97 Å². The molecule has 114 valence electrons. The maximum absolute atomic E-state index is 11.4. The summed E-state index contributed by atoms with van der Waals surface area (Å²) >= 11 is 0. The number of nitrogens with zero attached hydrogens (tertiary/aromatic N) is 2. The number of rotatable bonds is 6. The quantitative estimate of drug-likeness (QED) is 0.545. The predicted molar refractivity (Wildman–Crippen MR) is 85.3 cm³/mol. The third-order valence-electron chi connectivity index (χ3n) is 2.90. The summed E-state index contributed by atoms with van der Waals surface area (Å²) in [6.07, 6.45) is 0. The summed E-state index contributed by atoms with van der Waals surface area (Å²) in [5.41, 5.74) is 3.31. The number of nitrogens with one attached hydrogen (secondary N) is 2. The molecule has 7 heteroatoms. The van der Waals surface area contributed by atoms with Gasteiger partial charge >= 0.3 is 0 Å². The summed E-state index contributed by atoms with van der Waals surface area (Å²) < 4.78 is 11.4. The van der Waals surface area contributed by atoms with Crippen LogP contribution < -0.4 is 16.6 Å². The molecule has 0 radical (unpaired) electrons. The minimum atomic E-state index is -0.783. The molecule has 0 aliphatic heterocycles. The molecule has 0 fully saturated rings. The van der Waals surface area contributed by atoms with E-state index in [0.717, 1.165) is 17.2 Å². The van der Waals surface area contributed by atoms with Crippen molar-refractivity contribution < 1.29 is 4.21 Å². The molecular weight excluding hydrogens is 274 g/mol. The molecule has 1 aromatic rings. The number of nitrogens with two attached hydrogens (primary N) is 1. The molecule has 0 aliphatic carbocycles. The summed E-state index contributed by atoms with van der Waals surface area (Å²) in [5.74, 6) is 8.87. The van der Waals surface area contributed by atoms with Crippen LogP contribution in [0.2, 0.25) is 0 Å². The molecule has 0 aromatic carbocycles. The molecule has 1 aromatic heterocycles. The molecule has 1 unspecified atom stereocenters. The van der Waals surface area contributed by atoms with Gasteiger partial charge in [-0.25, -0.2) is 15.8 Å². The van der Waals surface area contributed by atoms with Crippen LogP contribution in [0, 0.1) is 6.92 Å². The number of aromatic nitrogens is 2. The van der Waals surface area contributed by atoms with E-state index in [0.29, 0.717) is 23.9 Å². The van der Waals surface area contributed by atoms with Crippen LogP contribution in [0.15, 0.2) is 0 Å². The number of nitrogen functional groups attached to an aromatic ring is 1. The highest BCUT2D eigenvalue weighted by molar-refractivity contribution is 7.84. The van der Waals surface area contributed by atoms with E-state index in [1.807, 2.05) is 34.6 Å². The Morgan fingerprint density at radius 3 is 2.35 bits per heavy atom. The molecule has 1 rings (SSSR count). The van der Waals surface area contributed by atoms with Crippen molar-refractivity contribution in [3.63, 3.8) is 0 Å². The van der Waals surface area contributed by atoms with Crippen LogP contribution in [0.4, 0.5) is 11.6 Å². The van der Waals surface area contributed by atoms with Crippen LogP contribution in [0.25, 0.3) is 0 Å². The van der Waals surface area contributed by atoms with Crippen LogP contribution in [-0.4, -0.2) is 32.2 Å². The lowest BCUT2D eigenvalue weighted by molar-refractivity contribution is 0.546. The Bertz CT molecular complexity index is 484. The van der Waals surface area contributed by atoms with Crippen LogP contribution >= 0.6 is 0 Å². The van der Waals surface area contributed by atoms with Crippen molar-refractivity contribution in [3.8, 4) is 0 Å². The van der Waals surface area contributed by atoms with Gasteiger partial charge in [-0.05, 0) is 6.92 Å². The molecule has 20 heavy (non-hydrogen) atoms. The fourth-order valence-electron chi connectivity index (χ4n) is 1.59. The fraction of sp³-hybridized carbons (Fsp3) is 0.692. The lowest BCUT2D eigenvalue weighted by Gasteiger charge is -2.20. The van der Waals surface area contributed by atoms with Crippen molar-refractivity contribution in [1.29, 1.82) is 0 Å². The van der Waals surface area contributed by atoms with Crippen molar-refractivity contribution in [2.75, 3.05) is 28.8 Å². The highest BCUT2D eigenvalue weighted by Gasteiger charge is 2.20. The normalized spacial score (nSPS) is 13.1. The molecule has 0 aliphatic rings. The topological polar surface area (TPSA) is 92.9 Å². The highest BCUT2D eigenvalue weighted by atomic mass is 32.2. The minimum Gasteiger partial charge on any atom is -0.369 e. The molecule has 1 heterocycles. The summed E-state index contributed by atoms with van der Waals surface area (Å²) in [7, 11) is -0.783. The van der Waals surface area contributed by atoms with E-state index in [9.17, 15) is 4.21 Å². The van der Waals surface area contributed by atoms with Gasteiger partial charge in [0, 0.05) is 39.8 Å². The van der Waals surface area contributed by atoms with E-state index in [1.54, 1.807) is 0 Å².